The van der Waals surface area contributed by atoms with Gasteiger partial charge in [0, 0.05) is 12.1 Å². The third kappa shape index (κ3) is 3.95. The zero-order valence-corrected chi connectivity index (χ0v) is 14.5. The van der Waals surface area contributed by atoms with Gasteiger partial charge in [0.05, 0.1) is 12.0 Å². The Morgan fingerprint density at radius 3 is 2.88 bits per heavy atom. The van der Waals surface area contributed by atoms with Gasteiger partial charge < -0.3 is 14.6 Å². The first-order valence-corrected chi connectivity index (χ1v) is 8.08. The normalized spacial score (nSPS) is 15.7. The molecule has 8 heteroatoms. The lowest BCUT2D eigenvalue weighted by Gasteiger charge is -2.12. The van der Waals surface area contributed by atoms with Crippen molar-refractivity contribution >= 4 is 46.3 Å². The molecule has 0 unspecified atom stereocenters. The zero-order chi connectivity index (χ0) is 17.7. The van der Waals surface area contributed by atoms with Crippen molar-refractivity contribution in [2.45, 2.75) is 0 Å². The van der Waals surface area contributed by atoms with Gasteiger partial charge in [0.15, 0.2) is 18.1 Å². The molecule has 0 radical (unpaired) electrons. The number of ether oxygens (including phenoxy) is 2. The smallest absolute Gasteiger partial charge is 0.341 e. The van der Waals surface area contributed by atoms with Gasteiger partial charge in [-0.1, -0.05) is 42.2 Å². The fourth-order valence-corrected chi connectivity index (χ4v) is 3.29. The van der Waals surface area contributed by atoms with Crippen molar-refractivity contribution in [2.24, 2.45) is 0 Å². The number of carboxylic acids is 1. The molecular formula is C16H15NO5S2. The van der Waals surface area contributed by atoms with Crippen LogP contribution in [0.1, 0.15) is 5.56 Å². The SMILES string of the molecule is C=CCN1C(=O)/C(=C\c2cccc(OC)c2OCC(=O)O)SC1=S. The molecule has 0 aromatic heterocycles. The number of para-hydroxylation sites is 1. The van der Waals surface area contributed by atoms with Crippen molar-refractivity contribution < 1.29 is 24.2 Å². The lowest BCUT2D eigenvalue weighted by Crippen LogP contribution is -2.27. The fraction of sp³-hybridized carbons (Fsp3) is 0.188. The molecule has 1 heterocycles. The molecule has 126 valence electrons. The maximum atomic E-state index is 12.4. The van der Waals surface area contributed by atoms with Crippen LogP contribution in [0.2, 0.25) is 0 Å². The Kier molecular flexibility index (Phi) is 5.99. The number of carboxylic acid groups (broad SMARTS) is 1. The van der Waals surface area contributed by atoms with E-state index in [1.54, 1.807) is 30.4 Å². The number of aliphatic carboxylic acids is 1. The Morgan fingerprint density at radius 1 is 1.50 bits per heavy atom. The quantitative estimate of drug-likeness (QED) is 0.452. The largest absolute Gasteiger partial charge is 0.493 e. The summed E-state index contributed by atoms with van der Waals surface area (Å²) in [7, 11) is 1.45. The second kappa shape index (κ2) is 7.98. The summed E-state index contributed by atoms with van der Waals surface area (Å²) in [6, 6.07) is 5.08. The molecule has 1 N–H and O–H groups in total. The molecule has 1 amide bonds. The summed E-state index contributed by atoms with van der Waals surface area (Å²) in [6.07, 6.45) is 3.21. The van der Waals surface area contributed by atoms with Gasteiger partial charge in [-0.05, 0) is 12.1 Å². The number of rotatable bonds is 7. The first-order valence-electron chi connectivity index (χ1n) is 6.85. The Morgan fingerprint density at radius 2 is 2.25 bits per heavy atom. The molecule has 0 bridgehead atoms. The number of thioether (sulfide) groups is 1. The number of carbonyl (C=O) groups is 2. The van der Waals surface area contributed by atoms with E-state index in [1.807, 2.05) is 0 Å². The number of thiocarbonyl (C=S) groups is 1. The van der Waals surface area contributed by atoms with E-state index in [0.29, 0.717) is 27.1 Å². The summed E-state index contributed by atoms with van der Waals surface area (Å²) in [5.41, 5.74) is 0.537. The van der Waals surface area contributed by atoms with Gasteiger partial charge in [-0.25, -0.2) is 4.79 Å². The van der Waals surface area contributed by atoms with Crippen LogP contribution in [0.5, 0.6) is 11.5 Å². The molecule has 1 saturated heterocycles. The maximum Gasteiger partial charge on any atom is 0.341 e. The average molecular weight is 365 g/mol. The van der Waals surface area contributed by atoms with E-state index in [4.69, 9.17) is 26.8 Å². The molecular weight excluding hydrogens is 350 g/mol. The predicted octanol–water partition coefficient (Wildman–Crippen LogP) is 2.55. The minimum absolute atomic E-state index is 0.225. The second-order valence-corrected chi connectivity index (χ2v) is 6.32. The lowest BCUT2D eigenvalue weighted by atomic mass is 10.1. The molecule has 0 spiro atoms. The Bertz CT molecular complexity index is 729. The highest BCUT2D eigenvalue weighted by Gasteiger charge is 2.31. The summed E-state index contributed by atoms with van der Waals surface area (Å²) in [6.45, 7) is 3.43. The van der Waals surface area contributed by atoms with Crippen molar-refractivity contribution in [3.63, 3.8) is 0 Å². The van der Waals surface area contributed by atoms with Crippen molar-refractivity contribution in [2.75, 3.05) is 20.3 Å². The molecule has 2 rings (SSSR count). The topological polar surface area (TPSA) is 76.1 Å². The highest BCUT2D eigenvalue weighted by molar-refractivity contribution is 8.26. The summed E-state index contributed by atoms with van der Waals surface area (Å²) in [4.78, 5) is 25.0. The molecule has 0 saturated carbocycles. The van der Waals surface area contributed by atoms with Gasteiger partial charge in [0.25, 0.3) is 5.91 Å². The maximum absolute atomic E-state index is 12.4. The Hall–Kier alpha value is -2.32. The lowest BCUT2D eigenvalue weighted by molar-refractivity contribution is -0.139. The molecule has 1 fully saturated rings. The first kappa shape index (κ1) is 18.0. The number of methoxy groups -OCH3 is 1. The Balaban J connectivity index is 2.38. The van der Waals surface area contributed by atoms with E-state index in [-0.39, 0.29) is 11.7 Å². The van der Waals surface area contributed by atoms with E-state index in [2.05, 4.69) is 6.58 Å². The van der Waals surface area contributed by atoms with E-state index in [1.165, 1.54) is 23.8 Å². The molecule has 1 aromatic rings. The number of hydrogen-bond donors (Lipinski definition) is 1. The van der Waals surface area contributed by atoms with Crippen LogP contribution in [0.25, 0.3) is 6.08 Å². The van der Waals surface area contributed by atoms with Crippen LogP contribution in [0.15, 0.2) is 35.8 Å². The molecule has 0 atom stereocenters. The summed E-state index contributed by atoms with van der Waals surface area (Å²) < 4.78 is 11.0. The van der Waals surface area contributed by atoms with Crippen LogP contribution in [0.4, 0.5) is 0 Å². The minimum Gasteiger partial charge on any atom is -0.493 e. The molecule has 0 aliphatic carbocycles. The van der Waals surface area contributed by atoms with Crippen molar-refractivity contribution in [3.05, 3.63) is 41.3 Å². The first-order chi connectivity index (χ1) is 11.5. The van der Waals surface area contributed by atoms with Crippen LogP contribution >= 0.6 is 24.0 Å². The van der Waals surface area contributed by atoms with Gasteiger partial charge in [-0.2, -0.15) is 0 Å². The van der Waals surface area contributed by atoms with Crippen molar-refractivity contribution in [1.29, 1.82) is 0 Å². The van der Waals surface area contributed by atoms with E-state index >= 15 is 0 Å². The summed E-state index contributed by atoms with van der Waals surface area (Å²) in [5.74, 6) is -0.691. The molecule has 1 aliphatic rings. The number of nitrogens with zero attached hydrogens (tertiary/aromatic N) is 1. The average Bonchev–Trinajstić information content (AvgIpc) is 2.81. The Labute approximate surface area is 148 Å². The van der Waals surface area contributed by atoms with Gasteiger partial charge in [0.1, 0.15) is 4.32 Å². The number of benzene rings is 1. The molecule has 24 heavy (non-hydrogen) atoms. The van der Waals surface area contributed by atoms with E-state index in [9.17, 15) is 9.59 Å². The van der Waals surface area contributed by atoms with Crippen LogP contribution in [-0.4, -0.2) is 46.5 Å². The number of carbonyl (C=O) groups excluding carboxylic acids is 1. The van der Waals surface area contributed by atoms with Crippen molar-refractivity contribution in [1.82, 2.24) is 4.90 Å². The predicted molar refractivity (Wildman–Crippen MR) is 96.2 cm³/mol. The van der Waals surface area contributed by atoms with Gasteiger partial charge >= 0.3 is 5.97 Å². The van der Waals surface area contributed by atoms with E-state index < -0.39 is 12.6 Å². The van der Waals surface area contributed by atoms with E-state index in [0.717, 1.165) is 0 Å². The summed E-state index contributed by atoms with van der Waals surface area (Å²) in [5, 5.41) is 8.81. The molecule has 1 aliphatic heterocycles. The van der Waals surface area contributed by atoms with Crippen LogP contribution in [0.3, 0.4) is 0 Å². The fourth-order valence-electron chi connectivity index (χ4n) is 2.02. The summed E-state index contributed by atoms with van der Waals surface area (Å²) >= 11 is 6.36. The number of hydrogen-bond acceptors (Lipinski definition) is 6. The zero-order valence-electron chi connectivity index (χ0n) is 12.9. The van der Waals surface area contributed by atoms with Gasteiger partial charge in [-0.3, -0.25) is 9.69 Å². The van der Waals surface area contributed by atoms with Crippen molar-refractivity contribution in [3.8, 4) is 11.5 Å². The third-order valence-corrected chi connectivity index (χ3v) is 4.42. The van der Waals surface area contributed by atoms with Crippen LogP contribution in [0, 0.1) is 0 Å². The van der Waals surface area contributed by atoms with Gasteiger partial charge in [-0.15, -0.1) is 6.58 Å². The second-order valence-electron chi connectivity index (χ2n) is 4.64. The highest BCUT2D eigenvalue weighted by atomic mass is 32.2. The minimum atomic E-state index is -1.11. The standard InChI is InChI=1S/C16H15NO5S2/c1-3-7-17-15(20)12(24-16(17)23)8-10-5-4-6-11(21-2)14(10)22-9-13(18)19/h3-6,8H,1,7,9H2,2H3,(H,18,19)/b12-8+. The van der Waals surface area contributed by atoms with Crippen LogP contribution in [-0.2, 0) is 9.59 Å². The molecule has 6 nitrogen and oxygen atoms in total. The highest BCUT2D eigenvalue weighted by Crippen LogP contribution is 2.37. The monoisotopic (exact) mass is 365 g/mol. The molecule has 1 aromatic carbocycles. The van der Waals surface area contributed by atoms with Gasteiger partial charge in [0.2, 0.25) is 0 Å². The van der Waals surface area contributed by atoms with Crippen LogP contribution < -0.4 is 9.47 Å². The number of amides is 1. The third-order valence-electron chi connectivity index (χ3n) is 3.04.